The van der Waals surface area contributed by atoms with E-state index in [-0.39, 0.29) is 17.4 Å². The molecule has 2 saturated carbocycles. The first-order valence-corrected chi connectivity index (χ1v) is 6.79. The molecule has 2 unspecified atom stereocenters. The molecule has 1 aromatic rings. The van der Waals surface area contributed by atoms with Gasteiger partial charge in [0.1, 0.15) is 0 Å². The minimum Gasteiger partial charge on any atom is -0.339 e. The summed E-state index contributed by atoms with van der Waals surface area (Å²) in [6.45, 7) is 2.20. The molecule has 0 spiro atoms. The van der Waals surface area contributed by atoms with Gasteiger partial charge in [-0.25, -0.2) is 0 Å². The molecule has 1 aromatic heterocycles. The average molecular weight is 235 g/mol. The first-order chi connectivity index (χ1) is 8.19. The van der Waals surface area contributed by atoms with E-state index in [2.05, 4.69) is 17.1 Å². The predicted octanol–water partition coefficient (Wildman–Crippen LogP) is 2.50. The van der Waals surface area contributed by atoms with E-state index in [0.29, 0.717) is 0 Å². The van der Waals surface area contributed by atoms with Crippen LogP contribution in [0.4, 0.5) is 0 Å². The van der Waals surface area contributed by atoms with Crippen LogP contribution in [0.15, 0.2) is 4.52 Å². The third-order valence-electron chi connectivity index (χ3n) is 4.37. The summed E-state index contributed by atoms with van der Waals surface area (Å²) in [4.78, 5) is 4.60. The molecule has 2 N–H and O–H groups in total. The van der Waals surface area contributed by atoms with Crippen molar-refractivity contribution in [1.82, 2.24) is 10.1 Å². The smallest absolute Gasteiger partial charge is 0.231 e. The van der Waals surface area contributed by atoms with Gasteiger partial charge < -0.3 is 10.3 Å². The van der Waals surface area contributed by atoms with Crippen LogP contribution in [-0.2, 0) is 5.41 Å². The summed E-state index contributed by atoms with van der Waals surface area (Å²) >= 11 is 0. The summed E-state index contributed by atoms with van der Waals surface area (Å²) in [5.41, 5.74) is 6.41. The highest BCUT2D eigenvalue weighted by molar-refractivity contribution is 5.15. The zero-order valence-electron chi connectivity index (χ0n) is 10.5. The molecule has 0 aromatic carbocycles. The highest BCUT2D eigenvalue weighted by Crippen LogP contribution is 2.46. The summed E-state index contributed by atoms with van der Waals surface area (Å²) in [5, 5.41) is 4.15. The maximum Gasteiger partial charge on any atom is 0.231 e. The molecule has 0 aliphatic heterocycles. The van der Waals surface area contributed by atoms with E-state index in [1.165, 1.54) is 32.1 Å². The summed E-state index contributed by atoms with van der Waals surface area (Å²) in [6, 6.07) is 0.192. The topological polar surface area (TPSA) is 64.9 Å². The maximum atomic E-state index is 6.22. The fraction of sp³-hybridized carbons (Fsp3) is 0.846. The Morgan fingerprint density at radius 3 is 2.76 bits per heavy atom. The molecule has 2 atom stereocenters. The predicted molar refractivity (Wildman–Crippen MR) is 64.7 cm³/mol. The Hall–Kier alpha value is -0.900. The van der Waals surface area contributed by atoms with Crippen molar-refractivity contribution < 1.29 is 4.52 Å². The van der Waals surface area contributed by atoms with Crippen molar-refractivity contribution in [1.29, 1.82) is 0 Å². The largest absolute Gasteiger partial charge is 0.339 e. The van der Waals surface area contributed by atoms with Crippen LogP contribution in [-0.4, -0.2) is 16.2 Å². The van der Waals surface area contributed by atoms with Crippen LogP contribution in [0.3, 0.4) is 0 Å². The van der Waals surface area contributed by atoms with E-state index < -0.39 is 0 Å². The van der Waals surface area contributed by atoms with Gasteiger partial charge in [0.25, 0.3) is 0 Å². The van der Waals surface area contributed by atoms with Crippen LogP contribution < -0.4 is 5.73 Å². The SMILES string of the molecule is CC1(c2noc(C3CCCCCC3N)n2)CC1. The Morgan fingerprint density at radius 1 is 1.24 bits per heavy atom. The van der Waals surface area contributed by atoms with Crippen LogP contribution >= 0.6 is 0 Å². The summed E-state index contributed by atoms with van der Waals surface area (Å²) in [6.07, 6.45) is 8.29. The molecule has 0 amide bonds. The number of hydrogen-bond acceptors (Lipinski definition) is 4. The second-order valence-corrected chi connectivity index (χ2v) is 5.93. The third-order valence-corrected chi connectivity index (χ3v) is 4.37. The van der Waals surface area contributed by atoms with Gasteiger partial charge in [0.05, 0.1) is 5.92 Å². The summed E-state index contributed by atoms with van der Waals surface area (Å²) in [7, 11) is 0. The van der Waals surface area contributed by atoms with E-state index in [1.54, 1.807) is 0 Å². The minimum absolute atomic E-state index is 0.191. The highest BCUT2D eigenvalue weighted by atomic mass is 16.5. The fourth-order valence-corrected chi connectivity index (χ4v) is 2.69. The number of nitrogens with zero attached hydrogens (tertiary/aromatic N) is 2. The molecular formula is C13H21N3O. The Labute approximate surface area is 102 Å². The minimum atomic E-state index is 0.191. The van der Waals surface area contributed by atoms with Crippen LogP contribution in [0.5, 0.6) is 0 Å². The summed E-state index contributed by atoms with van der Waals surface area (Å²) < 4.78 is 5.46. The number of rotatable bonds is 2. The van der Waals surface area contributed by atoms with Gasteiger partial charge in [0.2, 0.25) is 5.89 Å². The van der Waals surface area contributed by atoms with Gasteiger partial charge in [-0.15, -0.1) is 0 Å². The van der Waals surface area contributed by atoms with Crippen LogP contribution in [0, 0.1) is 0 Å². The van der Waals surface area contributed by atoms with E-state index in [0.717, 1.165) is 24.6 Å². The van der Waals surface area contributed by atoms with Crippen molar-refractivity contribution in [2.24, 2.45) is 5.73 Å². The maximum absolute atomic E-state index is 6.22. The van der Waals surface area contributed by atoms with E-state index in [9.17, 15) is 0 Å². The van der Waals surface area contributed by atoms with Gasteiger partial charge >= 0.3 is 0 Å². The lowest BCUT2D eigenvalue weighted by atomic mass is 9.95. The molecular weight excluding hydrogens is 214 g/mol. The molecule has 4 nitrogen and oxygen atoms in total. The molecule has 2 fully saturated rings. The van der Waals surface area contributed by atoms with Crippen molar-refractivity contribution in [3.8, 4) is 0 Å². The first kappa shape index (κ1) is 11.2. The average Bonchev–Trinajstić information content (AvgIpc) is 2.93. The van der Waals surface area contributed by atoms with Crippen molar-refractivity contribution >= 4 is 0 Å². The molecule has 0 saturated heterocycles. The lowest BCUT2D eigenvalue weighted by Crippen LogP contribution is -2.27. The van der Waals surface area contributed by atoms with Gasteiger partial charge in [-0.2, -0.15) is 4.98 Å². The van der Waals surface area contributed by atoms with Gasteiger partial charge in [-0.1, -0.05) is 31.3 Å². The van der Waals surface area contributed by atoms with Crippen LogP contribution in [0.2, 0.25) is 0 Å². The second kappa shape index (κ2) is 4.09. The van der Waals surface area contributed by atoms with Gasteiger partial charge in [0.15, 0.2) is 5.82 Å². The molecule has 4 heteroatoms. The zero-order valence-corrected chi connectivity index (χ0v) is 10.5. The quantitative estimate of drug-likeness (QED) is 0.800. The second-order valence-electron chi connectivity index (χ2n) is 5.93. The summed E-state index contributed by atoms with van der Waals surface area (Å²) in [5.74, 6) is 1.95. The van der Waals surface area contributed by atoms with Gasteiger partial charge in [-0.05, 0) is 25.7 Å². The van der Waals surface area contributed by atoms with Gasteiger partial charge in [-0.3, -0.25) is 0 Å². The lowest BCUT2D eigenvalue weighted by Gasteiger charge is -2.16. The molecule has 2 aliphatic rings. The number of aromatic nitrogens is 2. The van der Waals surface area contributed by atoms with Crippen LogP contribution in [0.25, 0.3) is 0 Å². The van der Waals surface area contributed by atoms with E-state index in [4.69, 9.17) is 10.3 Å². The van der Waals surface area contributed by atoms with Crippen molar-refractivity contribution in [3.63, 3.8) is 0 Å². The molecule has 3 rings (SSSR count). The zero-order chi connectivity index (χ0) is 11.9. The third kappa shape index (κ3) is 2.10. The molecule has 0 radical (unpaired) electrons. The van der Waals surface area contributed by atoms with Crippen molar-refractivity contribution in [2.45, 2.75) is 69.2 Å². The molecule has 2 aliphatic carbocycles. The number of hydrogen-bond donors (Lipinski definition) is 1. The van der Waals surface area contributed by atoms with Crippen molar-refractivity contribution in [3.05, 3.63) is 11.7 Å². The van der Waals surface area contributed by atoms with E-state index in [1.807, 2.05) is 0 Å². The Morgan fingerprint density at radius 2 is 2.00 bits per heavy atom. The lowest BCUT2D eigenvalue weighted by molar-refractivity contribution is 0.321. The molecule has 1 heterocycles. The first-order valence-electron chi connectivity index (χ1n) is 6.79. The standard InChI is InChI=1S/C13H21N3O/c1-13(7-8-13)12-15-11(17-16-12)9-5-3-2-4-6-10(9)14/h9-10H,2-8,14H2,1H3. The van der Waals surface area contributed by atoms with E-state index >= 15 is 0 Å². The Kier molecular flexibility index (Phi) is 2.69. The van der Waals surface area contributed by atoms with Crippen LogP contribution in [0.1, 0.15) is 69.5 Å². The molecule has 0 bridgehead atoms. The van der Waals surface area contributed by atoms with Crippen molar-refractivity contribution in [2.75, 3.05) is 0 Å². The normalized spacial score (nSPS) is 32.1. The van der Waals surface area contributed by atoms with Gasteiger partial charge in [0, 0.05) is 11.5 Å². The molecule has 94 valence electrons. The Bertz CT molecular complexity index is 397. The monoisotopic (exact) mass is 235 g/mol. The molecule has 17 heavy (non-hydrogen) atoms. The highest BCUT2D eigenvalue weighted by Gasteiger charge is 2.44. The number of nitrogens with two attached hydrogens (primary N) is 1. The Balaban J connectivity index is 1.80. The fourth-order valence-electron chi connectivity index (χ4n) is 2.69.